The Balaban J connectivity index is 1.33. The van der Waals surface area contributed by atoms with Gasteiger partial charge in [0.15, 0.2) is 16.0 Å². The summed E-state index contributed by atoms with van der Waals surface area (Å²) in [4.78, 5) is 30.3. The van der Waals surface area contributed by atoms with E-state index in [2.05, 4.69) is 40.8 Å². The zero-order valence-electron chi connectivity index (χ0n) is 18.4. The molecule has 0 fully saturated rings. The molecule has 1 aromatic carbocycles. The van der Waals surface area contributed by atoms with Gasteiger partial charge in [-0.1, -0.05) is 42.6 Å². The fraction of sp³-hybridized carbons (Fsp3) is 0.333. The molecule has 0 bridgehead atoms. The number of carbonyl (C=O) groups is 1. The normalized spacial score (nSPS) is 17.4. The van der Waals surface area contributed by atoms with Crippen molar-refractivity contribution >= 4 is 49.1 Å². The molecule has 2 aliphatic rings. The number of carbonyl (C=O) groups excluding carboxylic acids is 1. The van der Waals surface area contributed by atoms with Crippen LogP contribution < -0.4 is 15.4 Å². The Morgan fingerprint density at radius 1 is 1.12 bits per heavy atom. The van der Waals surface area contributed by atoms with Gasteiger partial charge in [0.25, 0.3) is 0 Å². The third kappa shape index (κ3) is 3.75. The van der Waals surface area contributed by atoms with Crippen LogP contribution in [-0.4, -0.2) is 33.9 Å². The van der Waals surface area contributed by atoms with Crippen molar-refractivity contribution in [3.8, 4) is 16.9 Å². The van der Waals surface area contributed by atoms with Gasteiger partial charge in [0, 0.05) is 30.3 Å². The minimum Gasteiger partial charge on any atom is -0.491 e. The van der Waals surface area contributed by atoms with Gasteiger partial charge in [0.05, 0.1) is 17.1 Å². The van der Waals surface area contributed by atoms with Crippen molar-refractivity contribution in [2.45, 2.75) is 33.2 Å². The van der Waals surface area contributed by atoms with Gasteiger partial charge in [-0.15, -0.1) is 0 Å². The number of Topliss-reactive ketones (excluding diaryl/α,β-unsaturated/α-hetero) is 1. The summed E-state index contributed by atoms with van der Waals surface area (Å²) in [6.45, 7) is 6.24. The van der Waals surface area contributed by atoms with Crippen molar-refractivity contribution in [1.29, 1.82) is 0 Å². The molecule has 0 atom stereocenters. The van der Waals surface area contributed by atoms with Crippen LogP contribution in [0.3, 0.4) is 0 Å². The minimum absolute atomic E-state index is 0.0318. The molecule has 0 radical (unpaired) electrons. The van der Waals surface area contributed by atoms with E-state index in [1.165, 1.54) is 22.7 Å². The van der Waals surface area contributed by atoms with Crippen LogP contribution in [0, 0.1) is 5.41 Å². The second-order valence-electron chi connectivity index (χ2n) is 9.41. The van der Waals surface area contributed by atoms with Gasteiger partial charge in [-0.05, 0) is 35.6 Å². The molecule has 6 rings (SSSR count). The third-order valence-electron chi connectivity index (χ3n) is 6.13. The smallest absolute Gasteiger partial charge is 0.186 e. The number of anilines is 2. The van der Waals surface area contributed by atoms with Crippen LogP contribution in [-0.2, 0) is 13.0 Å². The number of fused-ring (bicyclic) bond motifs is 3. The summed E-state index contributed by atoms with van der Waals surface area (Å²) >= 11 is 2.91. The monoisotopic (exact) mass is 477 g/mol. The number of nitrogens with two attached hydrogens (primary N) is 1. The maximum atomic E-state index is 12.7. The summed E-state index contributed by atoms with van der Waals surface area (Å²) in [6, 6.07) is 8.24. The van der Waals surface area contributed by atoms with E-state index in [4.69, 9.17) is 15.5 Å². The highest BCUT2D eigenvalue weighted by Crippen LogP contribution is 2.40. The number of nitrogens with zero attached hydrogens (tertiary/aromatic N) is 4. The molecule has 168 valence electrons. The predicted octanol–water partition coefficient (Wildman–Crippen LogP) is 4.95. The lowest BCUT2D eigenvalue weighted by Crippen LogP contribution is -2.26. The van der Waals surface area contributed by atoms with E-state index in [1.807, 2.05) is 18.3 Å². The average Bonchev–Trinajstić information content (AvgIpc) is 3.27. The number of ether oxygens (including phenoxy) is 1. The lowest BCUT2D eigenvalue weighted by molar-refractivity contribution is 0.0916. The standard InChI is InChI=1S/C24H23N5O2S2/c1-24(2)9-17-20(18(30)10-24)32-23(28-17)29-5-6-31-19-4-3-13(7-15(19)12-29)14-8-16-21(26-11-14)33-22(25)27-16/h3-4,7-8,11H,5-6,9-10,12H2,1-2H3,(H2,25,27). The summed E-state index contributed by atoms with van der Waals surface area (Å²) in [6.07, 6.45) is 3.28. The van der Waals surface area contributed by atoms with E-state index < -0.39 is 0 Å². The highest BCUT2D eigenvalue weighted by atomic mass is 32.1. The molecule has 4 heterocycles. The fourth-order valence-electron chi connectivity index (χ4n) is 4.58. The third-order valence-corrected chi connectivity index (χ3v) is 8.14. The second kappa shape index (κ2) is 7.50. The highest BCUT2D eigenvalue weighted by Gasteiger charge is 2.34. The summed E-state index contributed by atoms with van der Waals surface area (Å²) < 4.78 is 6.05. The van der Waals surface area contributed by atoms with Crippen molar-refractivity contribution in [3.05, 3.63) is 46.6 Å². The zero-order valence-corrected chi connectivity index (χ0v) is 20.1. The Labute approximate surface area is 199 Å². The SMILES string of the molecule is CC1(C)CC(=O)c2sc(N3CCOc4ccc(-c5cnc6sc(N)nc6c5)cc4C3)nc2C1. The first kappa shape index (κ1) is 20.6. The van der Waals surface area contributed by atoms with Gasteiger partial charge < -0.3 is 15.4 Å². The van der Waals surface area contributed by atoms with Crippen molar-refractivity contribution in [2.24, 2.45) is 5.41 Å². The van der Waals surface area contributed by atoms with Crippen molar-refractivity contribution in [2.75, 3.05) is 23.8 Å². The number of hydrogen-bond donors (Lipinski definition) is 1. The number of nitrogen functional groups attached to an aromatic ring is 1. The van der Waals surface area contributed by atoms with Crippen LogP contribution in [0.5, 0.6) is 5.75 Å². The van der Waals surface area contributed by atoms with Gasteiger partial charge in [0.1, 0.15) is 22.7 Å². The molecule has 1 aliphatic carbocycles. The molecular weight excluding hydrogens is 454 g/mol. The summed E-state index contributed by atoms with van der Waals surface area (Å²) in [5.41, 5.74) is 10.7. The quantitative estimate of drug-likeness (QED) is 0.436. The summed E-state index contributed by atoms with van der Waals surface area (Å²) in [5.74, 6) is 1.09. The van der Waals surface area contributed by atoms with Crippen LogP contribution in [0.4, 0.5) is 10.3 Å². The van der Waals surface area contributed by atoms with Gasteiger partial charge in [0.2, 0.25) is 0 Å². The van der Waals surface area contributed by atoms with Crippen LogP contribution in [0.25, 0.3) is 21.5 Å². The molecule has 33 heavy (non-hydrogen) atoms. The number of benzene rings is 1. The second-order valence-corrected chi connectivity index (χ2v) is 11.4. The van der Waals surface area contributed by atoms with Crippen molar-refractivity contribution in [1.82, 2.24) is 15.0 Å². The Morgan fingerprint density at radius 2 is 2.00 bits per heavy atom. The molecule has 4 aromatic rings. The number of thiazole rings is 2. The molecule has 0 saturated heterocycles. The fourth-order valence-corrected chi connectivity index (χ4v) is 6.28. The maximum Gasteiger partial charge on any atom is 0.186 e. The molecule has 0 saturated carbocycles. The molecule has 2 N–H and O–H groups in total. The molecule has 1 aliphatic heterocycles. The molecule has 0 unspecified atom stereocenters. The van der Waals surface area contributed by atoms with Crippen LogP contribution in [0.1, 0.15) is 41.2 Å². The van der Waals surface area contributed by atoms with Crippen LogP contribution in [0.2, 0.25) is 0 Å². The molecule has 3 aromatic heterocycles. The summed E-state index contributed by atoms with van der Waals surface area (Å²) in [7, 11) is 0. The summed E-state index contributed by atoms with van der Waals surface area (Å²) in [5, 5.41) is 1.42. The highest BCUT2D eigenvalue weighted by molar-refractivity contribution is 7.21. The first-order valence-electron chi connectivity index (χ1n) is 10.9. The van der Waals surface area contributed by atoms with Crippen LogP contribution in [0.15, 0.2) is 30.5 Å². The topological polar surface area (TPSA) is 94.2 Å². The molecule has 7 nitrogen and oxygen atoms in total. The first-order chi connectivity index (χ1) is 15.8. The van der Waals surface area contributed by atoms with Crippen molar-refractivity contribution < 1.29 is 9.53 Å². The van der Waals surface area contributed by atoms with E-state index in [0.717, 1.165) is 61.5 Å². The average molecular weight is 478 g/mol. The van der Waals surface area contributed by atoms with E-state index >= 15 is 0 Å². The first-order valence-corrected chi connectivity index (χ1v) is 12.5. The Kier molecular flexibility index (Phi) is 4.67. The van der Waals surface area contributed by atoms with E-state index in [0.29, 0.717) is 24.7 Å². The Hall–Kier alpha value is -3.04. The van der Waals surface area contributed by atoms with Gasteiger partial charge in [-0.3, -0.25) is 4.79 Å². The number of pyridine rings is 1. The number of ketones is 1. The maximum absolute atomic E-state index is 12.7. The molecule has 9 heteroatoms. The van der Waals surface area contributed by atoms with Crippen LogP contribution >= 0.6 is 22.7 Å². The van der Waals surface area contributed by atoms with Gasteiger partial charge >= 0.3 is 0 Å². The predicted molar refractivity (Wildman–Crippen MR) is 132 cm³/mol. The molecule has 0 spiro atoms. The van der Waals surface area contributed by atoms with Crippen molar-refractivity contribution in [3.63, 3.8) is 0 Å². The van der Waals surface area contributed by atoms with E-state index in [-0.39, 0.29) is 11.2 Å². The number of aromatic nitrogens is 3. The van der Waals surface area contributed by atoms with Gasteiger partial charge in [-0.2, -0.15) is 0 Å². The minimum atomic E-state index is -0.0318. The number of hydrogen-bond acceptors (Lipinski definition) is 9. The largest absolute Gasteiger partial charge is 0.491 e. The van der Waals surface area contributed by atoms with E-state index in [9.17, 15) is 4.79 Å². The van der Waals surface area contributed by atoms with E-state index in [1.54, 1.807) is 0 Å². The Morgan fingerprint density at radius 3 is 2.88 bits per heavy atom. The number of rotatable bonds is 2. The lowest BCUT2D eigenvalue weighted by Gasteiger charge is -2.26. The lowest BCUT2D eigenvalue weighted by atomic mass is 9.78. The Bertz CT molecular complexity index is 1410. The molecular formula is C24H23N5O2S2. The molecule has 0 amide bonds. The zero-order chi connectivity index (χ0) is 22.7. The van der Waals surface area contributed by atoms with Gasteiger partial charge in [-0.25, -0.2) is 15.0 Å².